The van der Waals surface area contributed by atoms with Crippen LogP contribution < -0.4 is 16.4 Å². The van der Waals surface area contributed by atoms with Crippen molar-refractivity contribution in [3.05, 3.63) is 29.8 Å². The van der Waals surface area contributed by atoms with Crippen LogP contribution in [0.4, 0.5) is 5.69 Å². The van der Waals surface area contributed by atoms with E-state index in [0.717, 1.165) is 12.8 Å². The van der Waals surface area contributed by atoms with Crippen LogP contribution >= 0.6 is 0 Å². The van der Waals surface area contributed by atoms with Crippen LogP contribution in [0, 0.1) is 5.92 Å². The van der Waals surface area contributed by atoms with E-state index in [9.17, 15) is 9.59 Å². The molecule has 1 aliphatic rings. The Morgan fingerprint density at radius 1 is 1.24 bits per heavy atom. The number of carbonyl (C=O) groups excluding carboxylic acids is 2. The molecule has 0 bridgehead atoms. The van der Waals surface area contributed by atoms with Crippen LogP contribution in [0.2, 0.25) is 0 Å². The average Bonchev–Trinajstić information content (AvgIpc) is 3.23. The zero-order valence-corrected chi connectivity index (χ0v) is 12.8. The van der Waals surface area contributed by atoms with Gasteiger partial charge >= 0.3 is 0 Å². The molecule has 1 aliphatic carbocycles. The van der Waals surface area contributed by atoms with E-state index in [4.69, 9.17) is 5.73 Å². The number of rotatable bonds is 5. The molecule has 0 saturated heterocycles. The van der Waals surface area contributed by atoms with E-state index >= 15 is 0 Å². The molecule has 2 amide bonds. The molecule has 1 fully saturated rings. The van der Waals surface area contributed by atoms with Crippen LogP contribution in [0.5, 0.6) is 0 Å². The minimum absolute atomic E-state index is 0.0911. The van der Waals surface area contributed by atoms with E-state index in [1.54, 1.807) is 31.2 Å². The maximum absolute atomic E-state index is 12.2. The van der Waals surface area contributed by atoms with Crippen molar-refractivity contribution in [2.75, 3.05) is 5.32 Å². The van der Waals surface area contributed by atoms with Gasteiger partial charge in [-0.3, -0.25) is 9.59 Å². The predicted molar refractivity (Wildman–Crippen MR) is 83.0 cm³/mol. The average molecular weight is 289 g/mol. The van der Waals surface area contributed by atoms with Crippen molar-refractivity contribution in [1.29, 1.82) is 0 Å². The Hall–Kier alpha value is -1.88. The van der Waals surface area contributed by atoms with Gasteiger partial charge in [-0.25, -0.2) is 0 Å². The SMILES string of the molecule is CC(C)NC(=O)c1ccc(NC(=O)C(C)(N)C2CC2)cc1. The molecule has 0 heterocycles. The van der Waals surface area contributed by atoms with Crippen molar-refractivity contribution in [2.24, 2.45) is 11.7 Å². The summed E-state index contributed by atoms with van der Waals surface area (Å²) < 4.78 is 0. The van der Waals surface area contributed by atoms with Crippen LogP contribution in [0.1, 0.15) is 44.0 Å². The van der Waals surface area contributed by atoms with Crippen molar-refractivity contribution < 1.29 is 9.59 Å². The van der Waals surface area contributed by atoms with Gasteiger partial charge in [0.05, 0.1) is 5.54 Å². The Kier molecular flexibility index (Phi) is 4.32. The van der Waals surface area contributed by atoms with Crippen LogP contribution in [0.3, 0.4) is 0 Å². The fourth-order valence-corrected chi connectivity index (χ4v) is 2.18. The highest BCUT2D eigenvalue weighted by molar-refractivity contribution is 5.99. The molecule has 0 aliphatic heterocycles. The van der Waals surface area contributed by atoms with Crippen LogP contribution in [0.15, 0.2) is 24.3 Å². The summed E-state index contributed by atoms with van der Waals surface area (Å²) in [6, 6.07) is 6.91. The maximum Gasteiger partial charge on any atom is 0.251 e. The number of amides is 2. The zero-order valence-electron chi connectivity index (χ0n) is 12.8. The lowest BCUT2D eigenvalue weighted by Gasteiger charge is -2.23. The highest BCUT2D eigenvalue weighted by Crippen LogP contribution is 2.38. The Labute approximate surface area is 125 Å². The molecule has 1 aromatic carbocycles. The molecule has 1 atom stereocenters. The van der Waals surface area contributed by atoms with Gasteiger partial charge in [0.1, 0.15) is 0 Å². The molecule has 0 aromatic heterocycles. The number of carbonyl (C=O) groups is 2. The first-order valence-electron chi connectivity index (χ1n) is 7.32. The standard InChI is InChI=1S/C16H23N3O2/c1-10(2)18-14(20)11-4-8-13(9-5-11)19-15(21)16(3,17)12-6-7-12/h4-5,8-10,12H,6-7,17H2,1-3H3,(H,18,20)(H,19,21). The van der Waals surface area contributed by atoms with E-state index in [-0.39, 0.29) is 23.8 Å². The van der Waals surface area contributed by atoms with Gasteiger partial charge in [0, 0.05) is 17.3 Å². The monoisotopic (exact) mass is 289 g/mol. The summed E-state index contributed by atoms with van der Waals surface area (Å²) in [5.74, 6) is -0.0255. The molecule has 0 spiro atoms. The Morgan fingerprint density at radius 2 is 1.81 bits per heavy atom. The maximum atomic E-state index is 12.2. The third-order valence-electron chi connectivity index (χ3n) is 3.74. The zero-order chi connectivity index (χ0) is 15.6. The quantitative estimate of drug-likeness (QED) is 0.774. The van der Waals surface area contributed by atoms with Gasteiger partial charge in [-0.15, -0.1) is 0 Å². The van der Waals surface area contributed by atoms with E-state index in [2.05, 4.69) is 10.6 Å². The lowest BCUT2D eigenvalue weighted by atomic mass is 9.96. The second kappa shape index (κ2) is 5.85. The van der Waals surface area contributed by atoms with Gasteiger partial charge in [-0.05, 0) is 63.8 Å². The van der Waals surface area contributed by atoms with Crippen molar-refractivity contribution in [1.82, 2.24) is 5.32 Å². The summed E-state index contributed by atoms with van der Waals surface area (Å²) >= 11 is 0. The molecule has 2 rings (SSSR count). The molecule has 4 N–H and O–H groups in total. The highest BCUT2D eigenvalue weighted by atomic mass is 16.2. The third-order valence-corrected chi connectivity index (χ3v) is 3.74. The molecule has 0 radical (unpaired) electrons. The molecule has 5 heteroatoms. The Morgan fingerprint density at radius 3 is 2.29 bits per heavy atom. The fourth-order valence-electron chi connectivity index (χ4n) is 2.18. The molecule has 21 heavy (non-hydrogen) atoms. The van der Waals surface area contributed by atoms with E-state index in [0.29, 0.717) is 11.3 Å². The lowest BCUT2D eigenvalue weighted by Crippen LogP contribution is -2.50. The van der Waals surface area contributed by atoms with Crippen LogP contribution in [-0.4, -0.2) is 23.4 Å². The molecular weight excluding hydrogens is 266 g/mol. The molecule has 1 unspecified atom stereocenters. The molecule has 5 nitrogen and oxygen atoms in total. The van der Waals surface area contributed by atoms with Gasteiger partial charge < -0.3 is 16.4 Å². The second-order valence-electron chi connectivity index (χ2n) is 6.22. The number of nitrogens with one attached hydrogen (secondary N) is 2. The predicted octanol–water partition coefficient (Wildman–Crippen LogP) is 1.89. The minimum Gasteiger partial charge on any atom is -0.350 e. The van der Waals surface area contributed by atoms with Crippen molar-refractivity contribution in [3.8, 4) is 0 Å². The summed E-state index contributed by atoms with van der Waals surface area (Å²) in [6.45, 7) is 5.59. The van der Waals surface area contributed by atoms with E-state index in [1.165, 1.54) is 0 Å². The molecule has 1 saturated carbocycles. The van der Waals surface area contributed by atoms with Gasteiger partial charge in [0.2, 0.25) is 5.91 Å². The van der Waals surface area contributed by atoms with Crippen molar-refractivity contribution in [2.45, 2.75) is 45.2 Å². The number of benzene rings is 1. The van der Waals surface area contributed by atoms with Crippen LogP contribution in [-0.2, 0) is 4.79 Å². The Balaban J connectivity index is 1.99. The van der Waals surface area contributed by atoms with Crippen molar-refractivity contribution >= 4 is 17.5 Å². The Bertz CT molecular complexity index is 531. The molecule has 114 valence electrons. The van der Waals surface area contributed by atoms with Crippen molar-refractivity contribution in [3.63, 3.8) is 0 Å². The van der Waals surface area contributed by atoms with Gasteiger partial charge in [-0.2, -0.15) is 0 Å². The fraction of sp³-hybridized carbons (Fsp3) is 0.500. The molecule has 1 aromatic rings. The summed E-state index contributed by atoms with van der Waals surface area (Å²) in [7, 11) is 0. The lowest BCUT2D eigenvalue weighted by molar-refractivity contribution is -0.121. The minimum atomic E-state index is -0.826. The second-order valence-corrected chi connectivity index (χ2v) is 6.22. The normalized spacial score (nSPS) is 17.2. The number of nitrogens with two attached hydrogens (primary N) is 1. The van der Waals surface area contributed by atoms with E-state index in [1.807, 2.05) is 13.8 Å². The smallest absolute Gasteiger partial charge is 0.251 e. The summed E-state index contributed by atoms with van der Waals surface area (Å²) in [5, 5.41) is 5.64. The largest absolute Gasteiger partial charge is 0.350 e. The number of anilines is 1. The summed E-state index contributed by atoms with van der Waals surface area (Å²) in [5.41, 5.74) is 6.46. The summed E-state index contributed by atoms with van der Waals surface area (Å²) in [4.78, 5) is 24.0. The van der Waals surface area contributed by atoms with Gasteiger partial charge in [0.25, 0.3) is 5.91 Å². The number of hydrogen-bond acceptors (Lipinski definition) is 3. The highest BCUT2D eigenvalue weighted by Gasteiger charge is 2.44. The van der Waals surface area contributed by atoms with Gasteiger partial charge in [-0.1, -0.05) is 0 Å². The van der Waals surface area contributed by atoms with Gasteiger partial charge in [0.15, 0.2) is 0 Å². The molecular formula is C16H23N3O2. The first kappa shape index (κ1) is 15.5. The first-order valence-corrected chi connectivity index (χ1v) is 7.32. The topological polar surface area (TPSA) is 84.2 Å². The first-order chi connectivity index (χ1) is 9.80. The van der Waals surface area contributed by atoms with E-state index < -0.39 is 5.54 Å². The third kappa shape index (κ3) is 3.82. The number of hydrogen-bond donors (Lipinski definition) is 3. The summed E-state index contributed by atoms with van der Waals surface area (Å²) in [6.07, 6.45) is 2.02. The van der Waals surface area contributed by atoms with Crippen LogP contribution in [0.25, 0.3) is 0 Å².